The summed E-state index contributed by atoms with van der Waals surface area (Å²) in [5.41, 5.74) is 1.41. The molecule has 0 aliphatic rings. The number of aryl methyl sites for hydroxylation is 1. The van der Waals surface area contributed by atoms with Gasteiger partial charge in [-0.2, -0.15) is 0 Å². The molecule has 158 valence electrons. The lowest BCUT2D eigenvalue weighted by Gasteiger charge is -2.25. The smallest absolute Gasteiger partial charge is 0.318 e. The molecule has 0 fully saturated rings. The molecule has 0 bridgehead atoms. The van der Waals surface area contributed by atoms with Crippen LogP contribution >= 0.6 is 0 Å². The zero-order chi connectivity index (χ0) is 21.5. The van der Waals surface area contributed by atoms with E-state index in [1.165, 1.54) is 6.07 Å². The summed E-state index contributed by atoms with van der Waals surface area (Å²) in [4.78, 5) is 25.1. The second kappa shape index (κ2) is 9.98. The van der Waals surface area contributed by atoms with Crippen LogP contribution in [0.25, 0.3) is 5.82 Å². The summed E-state index contributed by atoms with van der Waals surface area (Å²) >= 11 is 0. The normalized spacial score (nSPS) is 11.0. The molecule has 2 amide bonds. The molecule has 0 saturated heterocycles. The van der Waals surface area contributed by atoms with Gasteiger partial charge in [-0.1, -0.05) is 18.2 Å². The number of pyridine rings is 1. The largest absolute Gasteiger partial charge is 0.334 e. The number of nitrogens with zero attached hydrogens (tertiary/aromatic N) is 5. The van der Waals surface area contributed by atoms with Crippen molar-refractivity contribution < 1.29 is 9.18 Å². The third-order valence-corrected chi connectivity index (χ3v) is 4.75. The van der Waals surface area contributed by atoms with E-state index in [4.69, 9.17) is 0 Å². The first-order valence-electron chi connectivity index (χ1n) is 9.80. The van der Waals surface area contributed by atoms with Gasteiger partial charge in [0.15, 0.2) is 0 Å². The molecule has 3 rings (SSSR count). The van der Waals surface area contributed by atoms with E-state index < -0.39 is 0 Å². The zero-order valence-corrected chi connectivity index (χ0v) is 17.5. The first kappa shape index (κ1) is 21.4. The van der Waals surface area contributed by atoms with Crippen LogP contribution in [0.15, 0.2) is 55.0 Å². The molecule has 8 heteroatoms. The monoisotopic (exact) mass is 410 g/mol. The van der Waals surface area contributed by atoms with Crippen molar-refractivity contribution in [3.05, 3.63) is 77.8 Å². The standard InChI is InChI=1S/C22H27FN6O/c1-17-24-10-11-29(17)21-14-18(8-9-25-21)15-26-22(30)28(13-12-27(2)3)16-19-6-4-5-7-20(19)23/h4-11,14H,12-13,15-16H2,1-3H3,(H,26,30). The van der Waals surface area contributed by atoms with Crippen LogP contribution in [0.5, 0.6) is 0 Å². The van der Waals surface area contributed by atoms with Crippen molar-refractivity contribution in [2.24, 2.45) is 0 Å². The molecular formula is C22H27FN6O. The van der Waals surface area contributed by atoms with E-state index in [-0.39, 0.29) is 18.4 Å². The minimum absolute atomic E-state index is 0.210. The fraction of sp³-hybridized carbons (Fsp3) is 0.318. The van der Waals surface area contributed by atoms with Crippen LogP contribution in [0, 0.1) is 12.7 Å². The Morgan fingerprint density at radius 1 is 1.13 bits per heavy atom. The van der Waals surface area contributed by atoms with Crippen LogP contribution in [0.1, 0.15) is 17.0 Å². The first-order chi connectivity index (χ1) is 14.4. The molecule has 3 aromatic rings. The van der Waals surface area contributed by atoms with Gasteiger partial charge in [0, 0.05) is 43.8 Å². The van der Waals surface area contributed by atoms with E-state index in [2.05, 4.69) is 15.3 Å². The number of imidazole rings is 1. The van der Waals surface area contributed by atoms with Gasteiger partial charge >= 0.3 is 6.03 Å². The van der Waals surface area contributed by atoms with Crippen LogP contribution in [-0.4, -0.2) is 57.6 Å². The first-order valence-corrected chi connectivity index (χ1v) is 9.80. The van der Waals surface area contributed by atoms with E-state index in [0.29, 0.717) is 25.2 Å². The number of likely N-dealkylation sites (N-methyl/N-ethyl adjacent to an activating group) is 1. The summed E-state index contributed by atoms with van der Waals surface area (Å²) in [7, 11) is 3.88. The molecule has 0 aliphatic carbocycles. The van der Waals surface area contributed by atoms with Crippen LogP contribution in [0.3, 0.4) is 0 Å². The van der Waals surface area contributed by atoms with Crippen LogP contribution in [0.2, 0.25) is 0 Å². The topological polar surface area (TPSA) is 66.3 Å². The number of hydrogen-bond donors (Lipinski definition) is 1. The molecule has 0 unspecified atom stereocenters. The van der Waals surface area contributed by atoms with Crippen molar-refractivity contribution in [2.75, 3.05) is 27.2 Å². The minimum atomic E-state index is -0.311. The number of halogens is 1. The predicted octanol–water partition coefficient (Wildman–Crippen LogP) is 2.99. The van der Waals surface area contributed by atoms with Crippen LogP contribution in [-0.2, 0) is 13.1 Å². The summed E-state index contributed by atoms with van der Waals surface area (Å²) in [6.07, 6.45) is 5.27. The summed E-state index contributed by atoms with van der Waals surface area (Å²) < 4.78 is 16.0. The number of rotatable bonds is 8. The van der Waals surface area contributed by atoms with Crippen molar-refractivity contribution in [3.63, 3.8) is 0 Å². The number of aromatic nitrogens is 3. The van der Waals surface area contributed by atoms with Crippen molar-refractivity contribution in [3.8, 4) is 5.82 Å². The fourth-order valence-electron chi connectivity index (χ4n) is 3.02. The maximum atomic E-state index is 14.1. The Hall–Kier alpha value is -3.26. The van der Waals surface area contributed by atoms with Gasteiger partial charge in [-0.25, -0.2) is 19.2 Å². The number of urea groups is 1. The third kappa shape index (κ3) is 5.64. The van der Waals surface area contributed by atoms with Gasteiger partial charge in [0.05, 0.1) is 6.54 Å². The lowest BCUT2D eigenvalue weighted by atomic mass is 10.2. The Bertz CT molecular complexity index is 987. The highest BCUT2D eigenvalue weighted by Gasteiger charge is 2.16. The van der Waals surface area contributed by atoms with Gasteiger partial charge in [0.1, 0.15) is 17.5 Å². The number of benzene rings is 1. The van der Waals surface area contributed by atoms with Crippen LogP contribution < -0.4 is 5.32 Å². The van der Waals surface area contributed by atoms with Crippen molar-refractivity contribution in [2.45, 2.75) is 20.0 Å². The molecule has 30 heavy (non-hydrogen) atoms. The highest BCUT2D eigenvalue weighted by molar-refractivity contribution is 5.74. The van der Waals surface area contributed by atoms with Crippen molar-refractivity contribution >= 4 is 6.03 Å². The Balaban J connectivity index is 1.68. The number of nitrogens with one attached hydrogen (secondary N) is 1. The SMILES string of the molecule is Cc1nccn1-c1cc(CNC(=O)N(CCN(C)C)Cc2ccccc2F)ccn1. The predicted molar refractivity (Wildman–Crippen MR) is 114 cm³/mol. The van der Waals surface area contributed by atoms with E-state index in [1.54, 1.807) is 35.5 Å². The van der Waals surface area contributed by atoms with Gasteiger partial charge in [-0.05, 0) is 44.8 Å². The quantitative estimate of drug-likeness (QED) is 0.620. The van der Waals surface area contributed by atoms with Gasteiger partial charge < -0.3 is 15.1 Å². The Kier molecular flexibility index (Phi) is 7.13. The second-order valence-corrected chi connectivity index (χ2v) is 7.34. The van der Waals surface area contributed by atoms with Gasteiger partial charge in [-0.3, -0.25) is 4.57 Å². The summed E-state index contributed by atoms with van der Waals surface area (Å²) in [5, 5.41) is 2.94. The van der Waals surface area contributed by atoms with Crippen LogP contribution in [0.4, 0.5) is 9.18 Å². The summed E-state index contributed by atoms with van der Waals surface area (Å²) in [6.45, 7) is 3.63. The fourth-order valence-corrected chi connectivity index (χ4v) is 3.02. The molecule has 1 N–H and O–H groups in total. The lowest BCUT2D eigenvalue weighted by molar-refractivity contribution is 0.187. The third-order valence-electron chi connectivity index (χ3n) is 4.75. The molecule has 0 aliphatic heterocycles. The van der Waals surface area contributed by atoms with E-state index in [0.717, 1.165) is 17.2 Å². The highest BCUT2D eigenvalue weighted by atomic mass is 19.1. The zero-order valence-electron chi connectivity index (χ0n) is 17.5. The maximum absolute atomic E-state index is 14.1. The second-order valence-electron chi connectivity index (χ2n) is 7.34. The summed E-state index contributed by atoms with van der Waals surface area (Å²) in [6, 6.07) is 10.1. The molecule has 0 saturated carbocycles. The van der Waals surface area contributed by atoms with Gasteiger partial charge in [0.2, 0.25) is 0 Å². The number of hydrogen-bond acceptors (Lipinski definition) is 4. The summed E-state index contributed by atoms with van der Waals surface area (Å²) in [5.74, 6) is 1.27. The molecule has 0 radical (unpaired) electrons. The van der Waals surface area contributed by atoms with E-state index in [1.807, 2.05) is 48.8 Å². The van der Waals surface area contributed by atoms with Gasteiger partial charge in [-0.15, -0.1) is 0 Å². The lowest BCUT2D eigenvalue weighted by Crippen LogP contribution is -2.42. The molecule has 0 atom stereocenters. The number of carbonyl (C=O) groups excluding carboxylic acids is 1. The molecule has 2 aromatic heterocycles. The average molecular weight is 410 g/mol. The Labute approximate surface area is 176 Å². The highest BCUT2D eigenvalue weighted by Crippen LogP contribution is 2.12. The average Bonchev–Trinajstić information content (AvgIpc) is 3.16. The minimum Gasteiger partial charge on any atom is -0.334 e. The van der Waals surface area contributed by atoms with E-state index in [9.17, 15) is 9.18 Å². The molecule has 0 spiro atoms. The Morgan fingerprint density at radius 3 is 2.63 bits per heavy atom. The molecule has 2 heterocycles. The Morgan fingerprint density at radius 2 is 1.93 bits per heavy atom. The van der Waals surface area contributed by atoms with Gasteiger partial charge in [0.25, 0.3) is 0 Å². The van der Waals surface area contributed by atoms with Crippen molar-refractivity contribution in [1.82, 2.24) is 29.7 Å². The van der Waals surface area contributed by atoms with E-state index >= 15 is 0 Å². The molecular weight excluding hydrogens is 383 g/mol. The number of amides is 2. The maximum Gasteiger partial charge on any atom is 0.318 e. The molecule has 7 nitrogen and oxygen atoms in total. The van der Waals surface area contributed by atoms with Crippen molar-refractivity contribution in [1.29, 1.82) is 0 Å². The molecule has 1 aromatic carbocycles. The number of carbonyl (C=O) groups is 1.